The number of methoxy groups -OCH3 is 1. The Balaban J connectivity index is 1.37. The zero-order valence-corrected chi connectivity index (χ0v) is 20.5. The lowest BCUT2D eigenvalue weighted by Gasteiger charge is -2.18. The van der Waals surface area contributed by atoms with Crippen LogP contribution in [-0.2, 0) is 17.8 Å². The molecule has 1 fully saturated rings. The second-order valence-electron chi connectivity index (χ2n) is 10.2. The van der Waals surface area contributed by atoms with Gasteiger partial charge in [-0.3, -0.25) is 4.79 Å². The van der Waals surface area contributed by atoms with Crippen LogP contribution in [0.15, 0.2) is 48.5 Å². The molecule has 0 amide bonds. The first-order valence-corrected chi connectivity index (χ1v) is 12.1. The van der Waals surface area contributed by atoms with Gasteiger partial charge in [0.25, 0.3) is 0 Å². The van der Waals surface area contributed by atoms with E-state index >= 15 is 0 Å². The second kappa shape index (κ2) is 8.50. The summed E-state index contributed by atoms with van der Waals surface area (Å²) in [7, 11) is 1.71. The van der Waals surface area contributed by atoms with Gasteiger partial charge in [-0.05, 0) is 114 Å². The van der Waals surface area contributed by atoms with Gasteiger partial charge in [-0.15, -0.1) is 0 Å². The summed E-state index contributed by atoms with van der Waals surface area (Å²) in [6.07, 6.45) is 3.56. The van der Waals surface area contributed by atoms with E-state index < -0.39 is 5.97 Å². The van der Waals surface area contributed by atoms with Crippen LogP contribution in [0.5, 0.6) is 5.75 Å². The number of carbonyl (C=O) groups is 1. The fraction of sp³-hybridized carbons (Fsp3) is 0.367. The largest absolute Gasteiger partial charge is 0.497 e. The molecule has 0 saturated heterocycles. The van der Waals surface area contributed by atoms with Crippen molar-refractivity contribution in [1.29, 1.82) is 0 Å². The van der Waals surface area contributed by atoms with Crippen LogP contribution in [0.2, 0.25) is 0 Å². The highest BCUT2D eigenvalue weighted by Gasteiger charge is 2.54. The van der Waals surface area contributed by atoms with Crippen molar-refractivity contribution in [2.45, 2.75) is 58.9 Å². The Labute approximate surface area is 202 Å². The minimum atomic E-state index is -0.691. The SMILES string of the molecule is COc1cc(C)c(-c2cccc(CNc3ccc4c(c3)CC3(CC3)C4CC(=O)O)c2C)c(C)c1. The number of ether oxygens (including phenoxy) is 1. The Morgan fingerprint density at radius 1 is 1.09 bits per heavy atom. The van der Waals surface area contributed by atoms with Gasteiger partial charge in [-0.25, -0.2) is 0 Å². The monoisotopic (exact) mass is 455 g/mol. The zero-order chi connectivity index (χ0) is 24.0. The van der Waals surface area contributed by atoms with Crippen LogP contribution >= 0.6 is 0 Å². The molecule has 3 aromatic carbocycles. The number of nitrogens with one attached hydrogen (secondary N) is 1. The quantitative estimate of drug-likeness (QED) is 0.412. The highest BCUT2D eigenvalue weighted by atomic mass is 16.5. The van der Waals surface area contributed by atoms with Crippen LogP contribution in [0.3, 0.4) is 0 Å². The van der Waals surface area contributed by atoms with E-state index in [9.17, 15) is 9.90 Å². The summed E-state index contributed by atoms with van der Waals surface area (Å²) in [6, 6.07) is 17.2. The Bertz CT molecular complexity index is 1250. The number of anilines is 1. The van der Waals surface area contributed by atoms with Crippen LogP contribution in [0, 0.1) is 26.2 Å². The molecular weight excluding hydrogens is 422 g/mol. The Kier molecular flexibility index (Phi) is 5.63. The molecule has 2 aliphatic carbocycles. The molecule has 0 aromatic heterocycles. The molecule has 2 aliphatic rings. The van der Waals surface area contributed by atoms with Gasteiger partial charge in [0.15, 0.2) is 0 Å². The third-order valence-electron chi connectivity index (χ3n) is 8.01. The van der Waals surface area contributed by atoms with Gasteiger partial charge in [0.05, 0.1) is 13.5 Å². The van der Waals surface area contributed by atoms with Crippen molar-refractivity contribution in [1.82, 2.24) is 0 Å². The average Bonchev–Trinajstić information content (AvgIpc) is 3.51. The highest BCUT2D eigenvalue weighted by Crippen LogP contribution is 2.64. The average molecular weight is 456 g/mol. The lowest BCUT2D eigenvalue weighted by atomic mass is 9.87. The maximum Gasteiger partial charge on any atom is 0.303 e. The molecule has 3 aromatic rings. The first-order chi connectivity index (χ1) is 16.3. The highest BCUT2D eigenvalue weighted by molar-refractivity contribution is 5.75. The van der Waals surface area contributed by atoms with Crippen molar-refractivity contribution in [2.75, 3.05) is 12.4 Å². The van der Waals surface area contributed by atoms with E-state index in [-0.39, 0.29) is 17.8 Å². The normalized spacial score (nSPS) is 17.5. The Morgan fingerprint density at radius 2 is 1.82 bits per heavy atom. The first-order valence-electron chi connectivity index (χ1n) is 12.1. The predicted octanol–water partition coefficient (Wildman–Crippen LogP) is 6.79. The molecule has 1 atom stereocenters. The molecule has 4 nitrogen and oxygen atoms in total. The molecular formula is C30H33NO3. The lowest BCUT2D eigenvalue weighted by Crippen LogP contribution is -2.13. The molecule has 1 unspecified atom stereocenters. The van der Waals surface area contributed by atoms with Crippen molar-refractivity contribution in [2.24, 2.45) is 5.41 Å². The van der Waals surface area contributed by atoms with Crippen molar-refractivity contribution >= 4 is 11.7 Å². The number of benzene rings is 3. The van der Waals surface area contributed by atoms with E-state index in [0.717, 1.165) is 37.2 Å². The summed E-state index contributed by atoms with van der Waals surface area (Å²) < 4.78 is 5.44. The van der Waals surface area contributed by atoms with Gasteiger partial charge >= 0.3 is 5.97 Å². The lowest BCUT2D eigenvalue weighted by molar-refractivity contribution is -0.137. The standard InChI is InChI=1S/C30H33NO3/c1-18-12-24(34-4)13-19(2)29(18)25-7-5-6-21(20(25)3)17-31-23-8-9-26-22(14-23)16-30(10-11-30)27(26)15-28(32)33/h5-9,12-14,27,31H,10-11,15-17H2,1-4H3,(H,32,33). The second-order valence-corrected chi connectivity index (χ2v) is 10.2. The summed E-state index contributed by atoms with van der Waals surface area (Å²) in [5, 5.41) is 13.0. The number of hydrogen-bond donors (Lipinski definition) is 2. The van der Waals surface area contributed by atoms with E-state index in [2.05, 4.69) is 74.6 Å². The molecule has 5 rings (SSSR count). The molecule has 34 heavy (non-hydrogen) atoms. The van der Waals surface area contributed by atoms with Crippen LogP contribution < -0.4 is 10.1 Å². The number of aryl methyl sites for hydroxylation is 2. The fourth-order valence-electron chi connectivity index (χ4n) is 6.04. The van der Waals surface area contributed by atoms with E-state index in [4.69, 9.17) is 4.74 Å². The molecule has 176 valence electrons. The summed E-state index contributed by atoms with van der Waals surface area (Å²) in [5.41, 5.74) is 11.4. The Morgan fingerprint density at radius 3 is 2.47 bits per heavy atom. The number of fused-ring (bicyclic) bond motifs is 1. The zero-order valence-electron chi connectivity index (χ0n) is 20.5. The maximum atomic E-state index is 11.4. The molecule has 0 bridgehead atoms. The number of rotatable bonds is 7. The van der Waals surface area contributed by atoms with E-state index in [1.165, 1.54) is 44.5 Å². The maximum absolute atomic E-state index is 11.4. The van der Waals surface area contributed by atoms with Crippen molar-refractivity contribution in [3.63, 3.8) is 0 Å². The van der Waals surface area contributed by atoms with Gasteiger partial charge in [-0.2, -0.15) is 0 Å². The summed E-state index contributed by atoms with van der Waals surface area (Å²) in [4.78, 5) is 11.4. The topological polar surface area (TPSA) is 58.6 Å². The third-order valence-corrected chi connectivity index (χ3v) is 8.01. The number of hydrogen-bond acceptors (Lipinski definition) is 3. The molecule has 1 spiro atoms. The third kappa shape index (κ3) is 3.96. The van der Waals surface area contributed by atoms with E-state index in [0.29, 0.717) is 0 Å². The molecule has 0 aliphatic heterocycles. The molecule has 4 heteroatoms. The van der Waals surface area contributed by atoms with Gasteiger partial charge in [0.2, 0.25) is 0 Å². The van der Waals surface area contributed by atoms with Gasteiger partial charge in [0, 0.05) is 18.2 Å². The van der Waals surface area contributed by atoms with E-state index in [1.54, 1.807) is 7.11 Å². The molecule has 0 heterocycles. The van der Waals surface area contributed by atoms with E-state index in [1.807, 2.05) is 0 Å². The number of carboxylic acid groups (broad SMARTS) is 1. The summed E-state index contributed by atoms with van der Waals surface area (Å²) in [5.74, 6) is 0.373. The number of aliphatic carboxylic acids is 1. The molecule has 0 radical (unpaired) electrons. The Hall–Kier alpha value is -3.27. The smallest absolute Gasteiger partial charge is 0.303 e. The van der Waals surface area contributed by atoms with Crippen molar-refractivity contribution in [3.05, 3.63) is 81.9 Å². The first kappa shape index (κ1) is 22.5. The fourth-order valence-corrected chi connectivity index (χ4v) is 6.04. The predicted molar refractivity (Wildman–Crippen MR) is 137 cm³/mol. The summed E-state index contributed by atoms with van der Waals surface area (Å²) in [6.45, 7) is 7.23. The van der Waals surface area contributed by atoms with Gasteiger partial charge in [0.1, 0.15) is 5.75 Å². The van der Waals surface area contributed by atoms with Crippen molar-refractivity contribution < 1.29 is 14.6 Å². The molecule has 2 N–H and O–H groups in total. The van der Waals surface area contributed by atoms with Gasteiger partial charge in [-0.1, -0.05) is 24.3 Å². The van der Waals surface area contributed by atoms with Crippen LogP contribution in [0.1, 0.15) is 58.6 Å². The van der Waals surface area contributed by atoms with Gasteiger partial charge < -0.3 is 15.2 Å². The number of carboxylic acids is 1. The van der Waals surface area contributed by atoms with Crippen molar-refractivity contribution in [3.8, 4) is 16.9 Å². The minimum Gasteiger partial charge on any atom is -0.497 e. The molecule has 1 saturated carbocycles. The van der Waals surface area contributed by atoms with Crippen LogP contribution in [0.25, 0.3) is 11.1 Å². The van der Waals surface area contributed by atoms with Crippen LogP contribution in [-0.4, -0.2) is 18.2 Å². The minimum absolute atomic E-state index is 0.170. The summed E-state index contributed by atoms with van der Waals surface area (Å²) >= 11 is 0. The van der Waals surface area contributed by atoms with Crippen LogP contribution in [0.4, 0.5) is 5.69 Å².